The molecular weight excluding hydrogens is 472 g/mol. The molecule has 0 amide bonds. The standard InChI is InChI=1S/C27H28N6O2S/c1-3-36(34,35)26-11-5-9-25(10-6-12-26)33-19-24(17-31-33)22-14-28-27(29-15-22)21-8-4-7-20(13-21)23-16-30-32(2)18-23/h3-4,7-8,11,13-19,25H,1,5-6,9-10,12H2,2H3/b26-11-. The van der Waals surface area contributed by atoms with Crippen LogP contribution in [0.5, 0.6) is 0 Å². The van der Waals surface area contributed by atoms with Gasteiger partial charge < -0.3 is 0 Å². The highest BCUT2D eigenvalue weighted by Crippen LogP contribution is 2.30. The van der Waals surface area contributed by atoms with E-state index in [-0.39, 0.29) is 6.04 Å². The van der Waals surface area contributed by atoms with Crippen LogP contribution >= 0.6 is 0 Å². The van der Waals surface area contributed by atoms with Crippen LogP contribution in [0.3, 0.4) is 0 Å². The molecule has 0 spiro atoms. The fraction of sp³-hybridized carbons (Fsp3) is 0.259. The van der Waals surface area contributed by atoms with Gasteiger partial charge in [-0.3, -0.25) is 9.36 Å². The summed E-state index contributed by atoms with van der Waals surface area (Å²) in [6.07, 6.45) is 16.9. The summed E-state index contributed by atoms with van der Waals surface area (Å²) in [4.78, 5) is 9.71. The number of nitrogens with zero attached hydrogens (tertiary/aromatic N) is 6. The molecule has 1 atom stereocenters. The van der Waals surface area contributed by atoms with Gasteiger partial charge in [0.25, 0.3) is 0 Å². The van der Waals surface area contributed by atoms with E-state index in [1.807, 2.05) is 73.2 Å². The van der Waals surface area contributed by atoms with Gasteiger partial charge in [0.05, 0.1) is 18.4 Å². The molecule has 184 valence electrons. The second-order valence-corrected chi connectivity index (χ2v) is 10.9. The van der Waals surface area contributed by atoms with Gasteiger partial charge in [-0.1, -0.05) is 30.9 Å². The molecule has 3 aromatic heterocycles. The fourth-order valence-electron chi connectivity index (χ4n) is 4.55. The van der Waals surface area contributed by atoms with E-state index in [0.717, 1.165) is 52.5 Å². The third-order valence-electron chi connectivity index (χ3n) is 6.54. The lowest BCUT2D eigenvalue weighted by Gasteiger charge is -2.20. The van der Waals surface area contributed by atoms with Crippen LogP contribution in [0, 0.1) is 0 Å². The normalized spacial score (nSPS) is 18.1. The Bertz CT molecular complexity index is 1520. The monoisotopic (exact) mass is 500 g/mol. The first kappa shape index (κ1) is 23.9. The molecule has 0 bridgehead atoms. The lowest BCUT2D eigenvalue weighted by Crippen LogP contribution is -2.12. The molecule has 0 N–H and O–H groups in total. The quantitative estimate of drug-likeness (QED) is 0.354. The van der Waals surface area contributed by atoms with Crippen molar-refractivity contribution in [3.05, 3.63) is 84.4 Å². The lowest BCUT2D eigenvalue weighted by atomic mass is 10.0. The van der Waals surface area contributed by atoms with Crippen LogP contribution in [0.15, 0.2) is 84.4 Å². The first-order valence-corrected chi connectivity index (χ1v) is 13.5. The summed E-state index contributed by atoms with van der Waals surface area (Å²) < 4.78 is 28.0. The zero-order valence-electron chi connectivity index (χ0n) is 20.2. The van der Waals surface area contributed by atoms with Gasteiger partial charge in [-0.2, -0.15) is 10.2 Å². The Labute approximate surface area is 211 Å². The first-order valence-electron chi connectivity index (χ1n) is 12.0. The van der Waals surface area contributed by atoms with Gasteiger partial charge in [0, 0.05) is 64.4 Å². The van der Waals surface area contributed by atoms with Gasteiger partial charge in [-0.25, -0.2) is 18.4 Å². The van der Waals surface area contributed by atoms with Gasteiger partial charge in [0.1, 0.15) is 0 Å². The van der Waals surface area contributed by atoms with E-state index in [2.05, 4.69) is 32.8 Å². The molecule has 1 aliphatic carbocycles. The smallest absolute Gasteiger partial charge is 0.195 e. The summed E-state index contributed by atoms with van der Waals surface area (Å²) in [5, 5.41) is 9.89. The van der Waals surface area contributed by atoms with E-state index in [1.54, 1.807) is 4.68 Å². The average Bonchev–Trinajstić information content (AvgIpc) is 3.54. The topological polar surface area (TPSA) is 95.6 Å². The molecule has 8 nitrogen and oxygen atoms in total. The Balaban J connectivity index is 1.30. The molecule has 1 aromatic carbocycles. The van der Waals surface area contributed by atoms with Crippen molar-refractivity contribution < 1.29 is 8.42 Å². The van der Waals surface area contributed by atoms with Crippen molar-refractivity contribution in [1.82, 2.24) is 29.5 Å². The lowest BCUT2D eigenvalue weighted by molar-refractivity contribution is 0.387. The van der Waals surface area contributed by atoms with Gasteiger partial charge in [-0.05, 0) is 43.7 Å². The Morgan fingerprint density at radius 3 is 2.44 bits per heavy atom. The maximum Gasteiger partial charge on any atom is 0.195 e. The van der Waals surface area contributed by atoms with Crippen molar-refractivity contribution in [2.24, 2.45) is 7.05 Å². The number of benzene rings is 1. The van der Waals surface area contributed by atoms with Crippen LogP contribution in [0.25, 0.3) is 33.6 Å². The molecule has 9 heteroatoms. The Hall–Kier alpha value is -3.85. The van der Waals surface area contributed by atoms with E-state index >= 15 is 0 Å². The Morgan fingerprint density at radius 1 is 0.944 bits per heavy atom. The average molecular weight is 501 g/mol. The second-order valence-electron chi connectivity index (χ2n) is 8.99. The third-order valence-corrected chi connectivity index (χ3v) is 8.08. The minimum absolute atomic E-state index is 0.221. The van der Waals surface area contributed by atoms with Crippen LogP contribution in [0.4, 0.5) is 0 Å². The van der Waals surface area contributed by atoms with Crippen molar-refractivity contribution in [2.75, 3.05) is 0 Å². The van der Waals surface area contributed by atoms with Crippen molar-refractivity contribution in [1.29, 1.82) is 0 Å². The number of aromatic nitrogens is 6. The number of aryl methyl sites for hydroxylation is 1. The molecule has 0 aliphatic heterocycles. The predicted molar refractivity (Wildman–Crippen MR) is 140 cm³/mol. The van der Waals surface area contributed by atoms with E-state index in [9.17, 15) is 8.42 Å². The Kier molecular flexibility index (Phi) is 6.65. The summed E-state index contributed by atoms with van der Waals surface area (Å²) in [5.41, 5.74) is 4.92. The molecule has 4 aromatic rings. The highest BCUT2D eigenvalue weighted by molar-refractivity contribution is 7.98. The maximum atomic E-state index is 12.1. The summed E-state index contributed by atoms with van der Waals surface area (Å²) in [6, 6.07) is 8.34. The minimum atomic E-state index is -3.33. The minimum Gasteiger partial charge on any atom is -0.275 e. The zero-order valence-corrected chi connectivity index (χ0v) is 21.0. The largest absolute Gasteiger partial charge is 0.275 e. The Morgan fingerprint density at radius 2 is 1.69 bits per heavy atom. The van der Waals surface area contributed by atoms with Crippen LogP contribution < -0.4 is 0 Å². The molecule has 0 radical (unpaired) electrons. The second kappa shape index (κ2) is 10.0. The molecule has 36 heavy (non-hydrogen) atoms. The summed E-state index contributed by atoms with van der Waals surface area (Å²) >= 11 is 0. The molecular formula is C27H28N6O2S. The molecule has 1 aliphatic rings. The van der Waals surface area contributed by atoms with E-state index in [1.165, 1.54) is 0 Å². The van der Waals surface area contributed by atoms with Gasteiger partial charge in [-0.15, -0.1) is 0 Å². The molecule has 0 saturated heterocycles. The fourth-order valence-corrected chi connectivity index (χ4v) is 5.54. The third kappa shape index (κ3) is 5.06. The van der Waals surface area contributed by atoms with Crippen LogP contribution in [0.1, 0.15) is 38.1 Å². The molecule has 0 saturated carbocycles. The molecule has 1 unspecified atom stereocenters. The van der Waals surface area contributed by atoms with Gasteiger partial charge >= 0.3 is 0 Å². The van der Waals surface area contributed by atoms with Crippen molar-refractivity contribution in [3.63, 3.8) is 0 Å². The van der Waals surface area contributed by atoms with Crippen LogP contribution in [-0.4, -0.2) is 37.9 Å². The van der Waals surface area contributed by atoms with Crippen molar-refractivity contribution in [3.8, 4) is 33.6 Å². The van der Waals surface area contributed by atoms with Gasteiger partial charge in [0.15, 0.2) is 15.7 Å². The SMILES string of the molecule is C=CS(=O)(=O)/C1=C\CCC(n2cc(-c3cnc(-c4cccc(-c5cnn(C)c5)c4)nc3)cn2)CCC1. The number of hydrogen-bond acceptors (Lipinski definition) is 6. The summed E-state index contributed by atoms with van der Waals surface area (Å²) in [6.45, 7) is 3.44. The van der Waals surface area contributed by atoms with Crippen LogP contribution in [0.2, 0.25) is 0 Å². The van der Waals surface area contributed by atoms with Gasteiger partial charge in [0.2, 0.25) is 0 Å². The highest BCUT2D eigenvalue weighted by Gasteiger charge is 2.19. The van der Waals surface area contributed by atoms with Crippen molar-refractivity contribution in [2.45, 2.75) is 38.1 Å². The van der Waals surface area contributed by atoms with E-state index in [0.29, 0.717) is 23.6 Å². The zero-order chi connectivity index (χ0) is 25.1. The molecule has 5 rings (SSSR count). The number of sulfone groups is 1. The van der Waals surface area contributed by atoms with E-state index < -0.39 is 9.84 Å². The molecule has 3 heterocycles. The summed E-state index contributed by atoms with van der Waals surface area (Å²) in [5.74, 6) is 0.661. The number of allylic oxidation sites excluding steroid dienone is 2. The van der Waals surface area contributed by atoms with Crippen LogP contribution in [-0.2, 0) is 16.9 Å². The predicted octanol–water partition coefficient (Wildman–Crippen LogP) is 5.36. The highest BCUT2D eigenvalue weighted by atomic mass is 32.2. The summed E-state index contributed by atoms with van der Waals surface area (Å²) in [7, 11) is -1.43. The first-order chi connectivity index (χ1) is 17.4. The number of rotatable bonds is 6. The molecule has 0 fully saturated rings. The number of hydrogen-bond donors (Lipinski definition) is 0. The maximum absolute atomic E-state index is 12.1. The van der Waals surface area contributed by atoms with E-state index in [4.69, 9.17) is 0 Å². The van der Waals surface area contributed by atoms with Crippen molar-refractivity contribution >= 4 is 9.84 Å².